The van der Waals surface area contributed by atoms with Gasteiger partial charge >= 0.3 is 0 Å². The van der Waals surface area contributed by atoms with Crippen LogP contribution in [0.4, 0.5) is 0 Å². The van der Waals surface area contributed by atoms with Gasteiger partial charge in [-0.05, 0) is 47.2 Å². The van der Waals surface area contributed by atoms with E-state index < -0.39 is 0 Å². The SMILES string of the molecule is C=C[C@]1(C)C(N=C=S)[C@H]2c3c[nH]c4cccc(c34)C(C)(C)[C@H]2C[C@H]1Cl. The van der Waals surface area contributed by atoms with Gasteiger partial charge in [0.15, 0.2) is 0 Å². The van der Waals surface area contributed by atoms with Crippen LogP contribution in [0.1, 0.15) is 44.2 Å². The van der Waals surface area contributed by atoms with E-state index in [1.54, 1.807) is 0 Å². The van der Waals surface area contributed by atoms with Crippen molar-refractivity contribution in [3.05, 3.63) is 48.2 Å². The van der Waals surface area contributed by atoms with E-state index in [-0.39, 0.29) is 28.2 Å². The molecule has 0 amide bonds. The predicted molar refractivity (Wildman–Crippen MR) is 109 cm³/mol. The molecule has 0 saturated heterocycles. The van der Waals surface area contributed by atoms with Crippen LogP contribution in [-0.4, -0.2) is 21.6 Å². The highest BCUT2D eigenvalue weighted by molar-refractivity contribution is 7.78. The van der Waals surface area contributed by atoms with Crippen LogP contribution in [0.25, 0.3) is 10.9 Å². The summed E-state index contributed by atoms with van der Waals surface area (Å²) in [5.74, 6) is 0.654. The van der Waals surface area contributed by atoms with Crippen molar-refractivity contribution in [1.82, 2.24) is 4.98 Å². The molecule has 2 nitrogen and oxygen atoms in total. The van der Waals surface area contributed by atoms with Crippen molar-refractivity contribution in [2.45, 2.75) is 49.9 Å². The van der Waals surface area contributed by atoms with Crippen molar-refractivity contribution in [3.63, 3.8) is 0 Å². The molecule has 0 radical (unpaired) electrons. The van der Waals surface area contributed by atoms with Crippen molar-refractivity contribution < 1.29 is 0 Å². The zero-order valence-electron chi connectivity index (χ0n) is 14.8. The molecule has 1 aromatic heterocycles. The summed E-state index contributed by atoms with van der Waals surface area (Å²) >= 11 is 11.9. The maximum atomic E-state index is 6.90. The van der Waals surface area contributed by atoms with E-state index >= 15 is 0 Å². The second-order valence-corrected chi connectivity index (χ2v) is 8.97. The van der Waals surface area contributed by atoms with Gasteiger partial charge < -0.3 is 4.98 Å². The minimum atomic E-state index is -0.305. The fourth-order valence-corrected chi connectivity index (χ4v) is 5.81. The summed E-state index contributed by atoms with van der Waals surface area (Å²) in [5, 5.41) is 3.97. The summed E-state index contributed by atoms with van der Waals surface area (Å²) in [7, 11) is 0. The summed E-state index contributed by atoms with van der Waals surface area (Å²) in [6.07, 6.45) is 5.07. The van der Waals surface area contributed by atoms with Crippen LogP contribution in [-0.2, 0) is 5.41 Å². The zero-order valence-corrected chi connectivity index (χ0v) is 16.4. The highest BCUT2D eigenvalue weighted by atomic mass is 35.5. The second kappa shape index (κ2) is 5.54. The highest BCUT2D eigenvalue weighted by Gasteiger charge is 2.57. The van der Waals surface area contributed by atoms with Crippen molar-refractivity contribution >= 4 is 39.9 Å². The molecule has 1 aromatic carbocycles. The number of alkyl halides is 1. The number of hydrogen-bond donors (Lipinski definition) is 1. The first-order chi connectivity index (χ1) is 11.9. The molecule has 5 atom stereocenters. The summed E-state index contributed by atoms with van der Waals surface area (Å²) in [6, 6.07) is 6.51. The number of rotatable bonds is 2. The quantitative estimate of drug-likeness (QED) is 0.306. The Balaban J connectivity index is 2.04. The first-order valence-electron chi connectivity index (χ1n) is 8.81. The lowest BCUT2D eigenvalue weighted by Crippen LogP contribution is -2.54. The first kappa shape index (κ1) is 17.0. The average Bonchev–Trinajstić information content (AvgIpc) is 3.01. The highest BCUT2D eigenvalue weighted by Crippen LogP contribution is 2.60. The Labute approximate surface area is 159 Å². The van der Waals surface area contributed by atoms with Crippen molar-refractivity contribution in [3.8, 4) is 0 Å². The van der Waals surface area contributed by atoms with Crippen molar-refractivity contribution in [2.24, 2.45) is 16.3 Å². The van der Waals surface area contributed by atoms with Crippen LogP contribution in [0.5, 0.6) is 0 Å². The van der Waals surface area contributed by atoms with E-state index in [4.69, 9.17) is 23.8 Å². The third-order valence-electron chi connectivity index (χ3n) is 6.89. The molecular formula is C21H23ClN2S. The van der Waals surface area contributed by atoms with Gasteiger partial charge in [-0.25, -0.2) is 4.99 Å². The smallest absolute Gasteiger partial charge is 0.0776 e. The number of halogens is 1. The molecule has 25 heavy (non-hydrogen) atoms. The lowest BCUT2D eigenvalue weighted by molar-refractivity contribution is 0.108. The van der Waals surface area contributed by atoms with Gasteiger partial charge in [-0.1, -0.05) is 39.0 Å². The number of isothiocyanates is 1. The Morgan fingerprint density at radius 2 is 2.16 bits per heavy atom. The maximum absolute atomic E-state index is 6.90. The molecule has 4 rings (SSSR count). The molecule has 2 aliphatic rings. The Kier molecular flexibility index (Phi) is 3.77. The molecule has 1 unspecified atom stereocenters. The molecule has 1 fully saturated rings. The van der Waals surface area contributed by atoms with Gasteiger partial charge in [-0.15, -0.1) is 18.2 Å². The summed E-state index contributed by atoms with van der Waals surface area (Å²) in [6.45, 7) is 10.9. The van der Waals surface area contributed by atoms with Gasteiger partial charge in [0.05, 0.1) is 11.2 Å². The lowest BCUT2D eigenvalue weighted by atomic mass is 9.51. The molecule has 4 heteroatoms. The van der Waals surface area contributed by atoms with E-state index in [9.17, 15) is 0 Å². The third kappa shape index (κ3) is 2.10. The largest absolute Gasteiger partial charge is 0.361 e. The summed E-state index contributed by atoms with van der Waals surface area (Å²) in [4.78, 5) is 8.11. The Bertz CT molecular complexity index is 908. The molecule has 130 valence electrons. The molecule has 0 bridgehead atoms. The number of H-pyrrole nitrogens is 1. The van der Waals surface area contributed by atoms with Crippen LogP contribution < -0.4 is 0 Å². The summed E-state index contributed by atoms with van der Waals surface area (Å²) in [5.41, 5.74) is 3.65. The number of hydrogen-bond acceptors (Lipinski definition) is 2. The maximum Gasteiger partial charge on any atom is 0.0776 e. The Morgan fingerprint density at radius 1 is 1.40 bits per heavy atom. The number of nitrogens with zero attached hydrogens (tertiary/aromatic N) is 1. The van der Waals surface area contributed by atoms with Gasteiger partial charge in [0.1, 0.15) is 0 Å². The number of nitrogens with one attached hydrogen (secondary N) is 1. The molecule has 2 aromatic rings. The lowest BCUT2D eigenvalue weighted by Gasteiger charge is -2.55. The van der Waals surface area contributed by atoms with E-state index in [1.807, 2.05) is 6.08 Å². The van der Waals surface area contributed by atoms with Crippen LogP contribution in [0.3, 0.4) is 0 Å². The molecule has 2 aliphatic carbocycles. The number of thiocarbonyl (C=S) groups is 1. The zero-order chi connectivity index (χ0) is 18.0. The van der Waals surface area contributed by atoms with Crippen LogP contribution in [0, 0.1) is 11.3 Å². The van der Waals surface area contributed by atoms with E-state index in [1.165, 1.54) is 22.0 Å². The number of benzene rings is 1. The predicted octanol–water partition coefficient (Wildman–Crippen LogP) is 5.83. The molecule has 1 heterocycles. The number of aliphatic imine (C=N–C) groups is 1. The monoisotopic (exact) mass is 370 g/mol. The van der Waals surface area contributed by atoms with E-state index in [2.05, 4.69) is 66.9 Å². The molecule has 1 saturated carbocycles. The van der Waals surface area contributed by atoms with E-state index in [0.29, 0.717) is 5.92 Å². The van der Waals surface area contributed by atoms with Gasteiger partial charge in [0, 0.05) is 33.8 Å². The molecule has 1 N–H and O–H groups in total. The van der Waals surface area contributed by atoms with E-state index in [0.717, 1.165) is 6.42 Å². The summed E-state index contributed by atoms with van der Waals surface area (Å²) < 4.78 is 0. The Morgan fingerprint density at radius 3 is 2.84 bits per heavy atom. The standard InChI is InChI=1S/C21H23ClN2S/c1-5-21(4)16(22)9-14-18(19(21)24-11-25)12-10-23-15-8-6-7-13(17(12)15)20(14,2)3/h5-8,10,14,16,18-19,23H,1,9H2,2-4H3/t14-,16+,18-,19?,21-/m0/s1. The number of aromatic nitrogens is 1. The average molecular weight is 371 g/mol. The fraction of sp³-hybridized carbons (Fsp3) is 0.476. The molecule has 0 spiro atoms. The van der Waals surface area contributed by atoms with Gasteiger partial charge in [-0.2, -0.15) is 0 Å². The fourth-order valence-electron chi connectivity index (χ4n) is 5.28. The van der Waals surface area contributed by atoms with Gasteiger partial charge in [0.2, 0.25) is 0 Å². The number of aromatic amines is 1. The van der Waals surface area contributed by atoms with Crippen molar-refractivity contribution in [2.75, 3.05) is 0 Å². The first-order valence-corrected chi connectivity index (χ1v) is 9.65. The van der Waals surface area contributed by atoms with Crippen LogP contribution >= 0.6 is 23.8 Å². The van der Waals surface area contributed by atoms with Crippen LogP contribution in [0.15, 0.2) is 42.0 Å². The van der Waals surface area contributed by atoms with Gasteiger partial charge in [-0.3, -0.25) is 0 Å². The molecule has 0 aliphatic heterocycles. The van der Waals surface area contributed by atoms with Crippen LogP contribution in [0.2, 0.25) is 0 Å². The van der Waals surface area contributed by atoms with Gasteiger partial charge in [0.25, 0.3) is 0 Å². The molecular weight excluding hydrogens is 348 g/mol. The number of fused-ring (bicyclic) bond motifs is 2. The normalized spacial score (nSPS) is 35.7. The van der Waals surface area contributed by atoms with Crippen molar-refractivity contribution in [1.29, 1.82) is 0 Å². The minimum Gasteiger partial charge on any atom is -0.361 e. The second-order valence-electron chi connectivity index (χ2n) is 8.26. The minimum absolute atomic E-state index is 0.0181. The Hall–Kier alpha value is -1.41. The third-order valence-corrected chi connectivity index (χ3v) is 7.65. The topological polar surface area (TPSA) is 28.1 Å².